The molecule has 6 nitrogen and oxygen atoms in total. The minimum Gasteiger partial charge on any atom is -0.466 e. The second kappa shape index (κ2) is 55.7. The lowest BCUT2D eigenvalue weighted by Gasteiger charge is -2.22. The first-order valence-corrected chi connectivity index (χ1v) is 29.2. The monoisotopic (exact) mass is 928 g/mol. The van der Waals surface area contributed by atoms with Gasteiger partial charge in [0.1, 0.15) is 0 Å². The Morgan fingerprint density at radius 2 is 0.758 bits per heavy atom. The first-order valence-electron chi connectivity index (χ1n) is 29.2. The lowest BCUT2D eigenvalue weighted by Crippen LogP contribution is -2.45. The third kappa shape index (κ3) is 51.5. The molecule has 0 aromatic carbocycles. The Bertz CT molecular complexity index is 1070. The van der Waals surface area contributed by atoms with Gasteiger partial charge in [-0.15, -0.1) is 0 Å². The van der Waals surface area contributed by atoms with Gasteiger partial charge in [-0.1, -0.05) is 249 Å². The van der Waals surface area contributed by atoms with E-state index in [2.05, 4.69) is 55.6 Å². The van der Waals surface area contributed by atoms with Crippen LogP contribution in [-0.4, -0.2) is 47.4 Å². The topological polar surface area (TPSA) is 95.9 Å². The molecule has 0 aliphatic rings. The molecule has 66 heavy (non-hydrogen) atoms. The first-order chi connectivity index (χ1) is 32.5. The number of carbonyl (C=O) groups is 2. The number of esters is 1. The molecule has 0 aromatic heterocycles. The van der Waals surface area contributed by atoms with E-state index in [0.717, 1.165) is 70.6 Å². The van der Waals surface area contributed by atoms with Gasteiger partial charge in [-0.05, 0) is 83.5 Å². The van der Waals surface area contributed by atoms with E-state index in [1.54, 1.807) is 0 Å². The molecule has 0 rings (SSSR count). The van der Waals surface area contributed by atoms with Gasteiger partial charge in [0.25, 0.3) is 0 Å². The molecule has 0 aliphatic heterocycles. The smallest absolute Gasteiger partial charge is 0.305 e. The Balaban J connectivity index is 3.47. The van der Waals surface area contributed by atoms with Crippen LogP contribution in [0.1, 0.15) is 309 Å². The first kappa shape index (κ1) is 64.1. The fourth-order valence-corrected chi connectivity index (χ4v) is 8.90. The van der Waals surface area contributed by atoms with Gasteiger partial charge < -0.3 is 20.3 Å². The lowest BCUT2D eigenvalue weighted by atomic mass is 10.0. The van der Waals surface area contributed by atoms with E-state index in [9.17, 15) is 19.8 Å². The van der Waals surface area contributed by atoms with Gasteiger partial charge in [0.05, 0.1) is 25.4 Å². The molecule has 388 valence electrons. The van der Waals surface area contributed by atoms with Gasteiger partial charge in [-0.2, -0.15) is 0 Å². The van der Waals surface area contributed by atoms with Gasteiger partial charge in [-0.25, -0.2) is 0 Å². The molecule has 0 bridgehead atoms. The van der Waals surface area contributed by atoms with E-state index in [1.807, 2.05) is 0 Å². The molecule has 0 saturated carbocycles. The summed E-state index contributed by atoms with van der Waals surface area (Å²) in [6.07, 6.45) is 68.4. The third-order valence-electron chi connectivity index (χ3n) is 13.4. The van der Waals surface area contributed by atoms with Crippen LogP contribution in [0.2, 0.25) is 0 Å². The molecule has 0 saturated heterocycles. The number of allylic oxidation sites excluding steroid dienone is 6. The molecule has 0 aliphatic carbocycles. The predicted octanol–water partition coefficient (Wildman–Crippen LogP) is 18.0. The average molecular weight is 929 g/mol. The number of unbranched alkanes of at least 4 members (excludes halogenated alkanes) is 37. The number of amides is 1. The van der Waals surface area contributed by atoms with Crippen LogP contribution in [0.5, 0.6) is 0 Å². The maximum absolute atomic E-state index is 12.5. The fraction of sp³-hybridized carbons (Fsp3) is 0.867. The molecule has 0 spiro atoms. The SMILES string of the molecule is CCCCC/C=C\C/C=C\CCCCCCCCCC(=O)OCCCCCCCCC/C=C\CCCCCCCC(=O)NC(CO)C(O)CCCCCCCCCCCCCCCCCC. The van der Waals surface area contributed by atoms with Crippen molar-refractivity contribution < 1.29 is 24.5 Å². The Kier molecular flexibility index (Phi) is 54.1. The van der Waals surface area contributed by atoms with Crippen molar-refractivity contribution >= 4 is 11.9 Å². The fourth-order valence-electron chi connectivity index (χ4n) is 8.90. The zero-order chi connectivity index (χ0) is 47.9. The van der Waals surface area contributed by atoms with Crippen molar-refractivity contribution in [3.05, 3.63) is 36.5 Å². The van der Waals surface area contributed by atoms with Crippen LogP contribution in [0.15, 0.2) is 36.5 Å². The number of carbonyl (C=O) groups excluding carboxylic acids is 2. The summed E-state index contributed by atoms with van der Waals surface area (Å²) in [5.41, 5.74) is 0. The molecular formula is C60H113NO5. The van der Waals surface area contributed by atoms with E-state index in [1.165, 1.54) is 205 Å². The van der Waals surface area contributed by atoms with Crippen LogP contribution in [0.3, 0.4) is 0 Å². The van der Waals surface area contributed by atoms with Crippen molar-refractivity contribution in [1.82, 2.24) is 5.32 Å². The molecular weight excluding hydrogens is 815 g/mol. The Hall–Kier alpha value is -1.92. The van der Waals surface area contributed by atoms with E-state index in [-0.39, 0.29) is 18.5 Å². The third-order valence-corrected chi connectivity index (χ3v) is 13.4. The number of aliphatic hydroxyl groups is 2. The van der Waals surface area contributed by atoms with Gasteiger partial charge in [0, 0.05) is 12.8 Å². The highest BCUT2D eigenvalue weighted by Gasteiger charge is 2.20. The molecule has 2 unspecified atom stereocenters. The summed E-state index contributed by atoms with van der Waals surface area (Å²) in [7, 11) is 0. The zero-order valence-corrected chi connectivity index (χ0v) is 44.2. The molecule has 3 N–H and O–H groups in total. The summed E-state index contributed by atoms with van der Waals surface area (Å²) in [6.45, 7) is 4.91. The number of aliphatic hydroxyl groups excluding tert-OH is 2. The Morgan fingerprint density at radius 1 is 0.424 bits per heavy atom. The number of rotatable bonds is 54. The Labute approximate surface area is 411 Å². The molecule has 2 atom stereocenters. The van der Waals surface area contributed by atoms with Crippen molar-refractivity contribution in [2.24, 2.45) is 0 Å². The minimum atomic E-state index is -0.675. The zero-order valence-electron chi connectivity index (χ0n) is 44.2. The van der Waals surface area contributed by atoms with Crippen molar-refractivity contribution in [2.45, 2.75) is 321 Å². The highest BCUT2D eigenvalue weighted by atomic mass is 16.5. The minimum absolute atomic E-state index is 0.0105. The van der Waals surface area contributed by atoms with E-state index < -0.39 is 12.1 Å². The van der Waals surface area contributed by atoms with Crippen LogP contribution in [-0.2, 0) is 14.3 Å². The Morgan fingerprint density at radius 3 is 1.20 bits per heavy atom. The van der Waals surface area contributed by atoms with Crippen molar-refractivity contribution in [3.8, 4) is 0 Å². The largest absolute Gasteiger partial charge is 0.466 e. The average Bonchev–Trinajstić information content (AvgIpc) is 3.32. The summed E-state index contributed by atoms with van der Waals surface area (Å²) >= 11 is 0. The molecule has 0 aromatic rings. The van der Waals surface area contributed by atoms with Crippen molar-refractivity contribution in [2.75, 3.05) is 13.2 Å². The maximum atomic E-state index is 12.5. The summed E-state index contributed by atoms with van der Waals surface area (Å²) in [4.78, 5) is 24.5. The summed E-state index contributed by atoms with van der Waals surface area (Å²) < 4.78 is 5.47. The van der Waals surface area contributed by atoms with Crippen LogP contribution in [0.4, 0.5) is 0 Å². The molecule has 0 heterocycles. The number of hydrogen-bond donors (Lipinski definition) is 3. The van der Waals surface area contributed by atoms with Gasteiger partial charge in [0.15, 0.2) is 0 Å². The van der Waals surface area contributed by atoms with Crippen molar-refractivity contribution in [3.63, 3.8) is 0 Å². The number of nitrogens with one attached hydrogen (secondary N) is 1. The standard InChI is InChI=1S/C60H113NO5/c1-3-5-7-9-11-13-15-17-19-21-26-30-34-38-42-46-50-54-60(65)66-55-51-47-43-39-35-31-27-23-22-25-29-33-37-41-45-49-53-59(64)61-57(56-62)58(63)52-48-44-40-36-32-28-24-20-18-16-14-12-10-8-6-4-2/h11,13,17,19,22,25,57-58,62-63H,3-10,12,14-16,18,20-21,23-24,26-56H2,1-2H3,(H,61,64)/b13-11-,19-17-,25-22-. The van der Waals surface area contributed by atoms with Crippen LogP contribution in [0, 0.1) is 0 Å². The van der Waals surface area contributed by atoms with Gasteiger partial charge >= 0.3 is 5.97 Å². The molecule has 6 heteroatoms. The quantitative estimate of drug-likeness (QED) is 0.0321. The van der Waals surface area contributed by atoms with E-state index in [0.29, 0.717) is 25.9 Å². The highest BCUT2D eigenvalue weighted by molar-refractivity contribution is 5.76. The van der Waals surface area contributed by atoms with Crippen LogP contribution < -0.4 is 5.32 Å². The van der Waals surface area contributed by atoms with Gasteiger partial charge in [0.2, 0.25) is 5.91 Å². The predicted molar refractivity (Wildman–Crippen MR) is 287 cm³/mol. The summed E-state index contributed by atoms with van der Waals surface area (Å²) in [5, 5.41) is 23.3. The molecule has 0 radical (unpaired) electrons. The maximum Gasteiger partial charge on any atom is 0.305 e. The highest BCUT2D eigenvalue weighted by Crippen LogP contribution is 2.17. The van der Waals surface area contributed by atoms with Gasteiger partial charge in [-0.3, -0.25) is 9.59 Å². The number of ether oxygens (including phenoxy) is 1. The van der Waals surface area contributed by atoms with Crippen LogP contribution in [0.25, 0.3) is 0 Å². The van der Waals surface area contributed by atoms with E-state index in [4.69, 9.17) is 4.74 Å². The van der Waals surface area contributed by atoms with E-state index >= 15 is 0 Å². The molecule has 0 fully saturated rings. The number of hydrogen-bond acceptors (Lipinski definition) is 5. The second-order valence-electron chi connectivity index (χ2n) is 20.0. The normalized spacial score (nSPS) is 12.8. The summed E-state index contributed by atoms with van der Waals surface area (Å²) in [6, 6.07) is -0.554. The summed E-state index contributed by atoms with van der Waals surface area (Å²) in [5.74, 6) is -0.0618. The molecule has 1 amide bonds. The van der Waals surface area contributed by atoms with Crippen LogP contribution >= 0.6 is 0 Å². The lowest BCUT2D eigenvalue weighted by molar-refractivity contribution is -0.143. The van der Waals surface area contributed by atoms with Crippen molar-refractivity contribution in [1.29, 1.82) is 0 Å². The second-order valence-corrected chi connectivity index (χ2v) is 20.0.